The normalized spacial score (nSPS) is 19.0. The van der Waals surface area contributed by atoms with E-state index in [-0.39, 0.29) is 24.5 Å². The van der Waals surface area contributed by atoms with E-state index >= 15 is 0 Å². The number of carbonyl (C=O) groups is 3. The van der Waals surface area contributed by atoms with Crippen molar-refractivity contribution in [2.75, 3.05) is 6.61 Å². The zero-order valence-corrected chi connectivity index (χ0v) is 15.3. The third-order valence-corrected chi connectivity index (χ3v) is 4.54. The Morgan fingerprint density at radius 1 is 0.923 bits per heavy atom. The Balaban J connectivity index is 1.64. The molecule has 2 aliphatic heterocycles. The molecule has 2 rings (SSSR count). The highest BCUT2D eigenvalue weighted by molar-refractivity contribution is 5.86. The summed E-state index contributed by atoms with van der Waals surface area (Å²) in [5.74, 6) is -2.82. The molecule has 1 N–H and O–H groups in total. The van der Waals surface area contributed by atoms with Gasteiger partial charge in [0.1, 0.15) is 5.78 Å². The molecule has 0 aromatic carbocycles. The standard InChI is InChI=1S/C17H26N4O5/c1-16(18-19-16)7-5-3-4-6-13(22)10-12(11-14(23)24)15(25)26-9-8-17(2)20-21-17/h12H,3-11H2,1-2H3,(H,23,24)/t12-/m0/s1. The van der Waals surface area contributed by atoms with Gasteiger partial charge in [-0.05, 0) is 33.1 Å². The third-order valence-electron chi connectivity index (χ3n) is 4.54. The molecule has 0 unspecified atom stereocenters. The molecule has 0 aliphatic carbocycles. The molecule has 9 heteroatoms. The fourth-order valence-corrected chi connectivity index (χ4v) is 2.62. The minimum atomic E-state index is -1.12. The van der Waals surface area contributed by atoms with Crippen LogP contribution in [0.15, 0.2) is 20.5 Å². The van der Waals surface area contributed by atoms with Crippen LogP contribution in [0.2, 0.25) is 0 Å². The summed E-state index contributed by atoms with van der Waals surface area (Å²) in [6, 6.07) is 0. The maximum absolute atomic E-state index is 12.1. The van der Waals surface area contributed by atoms with Crippen LogP contribution in [0.4, 0.5) is 0 Å². The highest BCUT2D eigenvalue weighted by atomic mass is 16.5. The van der Waals surface area contributed by atoms with Gasteiger partial charge in [0.15, 0.2) is 11.3 Å². The van der Waals surface area contributed by atoms with Crippen LogP contribution in [0.3, 0.4) is 0 Å². The van der Waals surface area contributed by atoms with Crippen LogP contribution >= 0.6 is 0 Å². The Morgan fingerprint density at radius 3 is 2.12 bits per heavy atom. The van der Waals surface area contributed by atoms with Crippen molar-refractivity contribution in [2.45, 2.75) is 76.5 Å². The van der Waals surface area contributed by atoms with Gasteiger partial charge in [-0.3, -0.25) is 14.4 Å². The van der Waals surface area contributed by atoms with Crippen LogP contribution in [0.5, 0.6) is 0 Å². The fraction of sp³-hybridized carbons (Fsp3) is 0.824. The third kappa shape index (κ3) is 7.37. The van der Waals surface area contributed by atoms with Crippen molar-refractivity contribution in [3.8, 4) is 0 Å². The number of carboxylic acids is 1. The number of aliphatic carboxylic acids is 1. The fourth-order valence-electron chi connectivity index (χ4n) is 2.62. The van der Waals surface area contributed by atoms with Gasteiger partial charge in [-0.15, -0.1) is 0 Å². The summed E-state index contributed by atoms with van der Waals surface area (Å²) in [5.41, 5.74) is -0.686. The van der Waals surface area contributed by atoms with Crippen LogP contribution in [0, 0.1) is 5.92 Å². The molecule has 1 atom stereocenters. The lowest BCUT2D eigenvalue weighted by Crippen LogP contribution is -2.25. The SMILES string of the molecule is CC1(CCCCCC(=O)C[C@@H](CC(=O)O)C(=O)OCCC2(C)N=N2)N=N1. The molecule has 2 heterocycles. The molecule has 2 aliphatic rings. The molecular formula is C17H26N4O5. The molecule has 0 radical (unpaired) electrons. The Kier molecular flexibility index (Phi) is 6.55. The first-order valence-electron chi connectivity index (χ1n) is 9.00. The zero-order valence-electron chi connectivity index (χ0n) is 15.3. The number of esters is 1. The van der Waals surface area contributed by atoms with Crippen LogP contribution in [-0.2, 0) is 19.1 Å². The number of carbonyl (C=O) groups excluding carboxylic acids is 2. The van der Waals surface area contributed by atoms with Gasteiger partial charge in [0.05, 0.1) is 18.9 Å². The van der Waals surface area contributed by atoms with Gasteiger partial charge < -0.3 is 9.84 Å². The first-order chi connectivity index (χ1) is 12.2. The number of carboxylic acid groups (broad SMARTS) is 1. The first kappa shape index (κ1) is 20.1. The van der Waals surface area contributed by atoms with Gasteiger partial charge in [0, 0.05) is 19.3 Å². The van der Waals surface area contributed by atoms with Gasteiger partial charge in [-0.2, -0.15) is 20.5 Å². The van der Waals surface area contributed by atoms with E-state index in [1.165, 1.54) is 0 Å². The van der Waals surface area contributed by atoms with Gasteiger partial charge in [-0.25, -0.2) is 0 Å². The van der Waals surface area contributed by atoms with Crippen molar-refractivity contribution >= 4 is 17.7 Å². The summed E-state index contributed by atoms with van der Waals surface area (Å²) < 4.78 is 5.11. The molecule has 26 heavy (non-hydrogen) atoms. The second-order valence-electron chi connectivity index (χ2n) is 7.35. The summed E-state index contributed by atoms with van der Waals surface area (Å²) in [6.07, 6.45) is 3.71. The van der Waals surface area contributed by atoms with Gasteiger partial charge in [0.25, 0.3) is 0 Å². The number of nitrogens with zero attached hydrogens (tertiary/aromatic N) is 4. The van der Waals surface area contributed by atoms with E-state index in [2.05, 4.69) is 20.5 Å². The Bertz CT molecular complexity index is 604. The highest BCUT2D eigenvalue weighted by Gasteiger charge is 2.34. The van der Waals surface area contributed by atoms with Crippen LogP contribution in [0.25, 0.3) is 0 Å². The minimum Gasteiger partial charge on any atom is -0.481 e. The molecule has 0 saturated carbocycles. The summed E-state index contributed by atoms with van der Waals surface area (Å²) in [6.45, 7) is 3.89. The molecule has 0 spiro atoms. The maximum Gasteiger partial charge on any atom is 0.309 e. The lowest BCUT2D eigenvalue weighted by molar-refractivity contribution is -0.154. The van der Waals surface area contributed by atoms with Crippen molar-refractivity contribution in [3.63, 3.8) is 0 Å². The molecule has 0 saturated heterocycles. The van der Waals surface area contributed by atoms with E-state index in [4.69, 9.17) is 9.84 Å². The lowest BCUT2D eigenvalue weighted by atomic mass is 9.96. The van der Waals surface area contributed by atoms with Gasteiger partial charge in [-0.1, -0.05) is 6.42 Å². The molecular weight excluding hydrogens is 340 g/mol. The topological polar surface area (TPSA) is 130 Å². The number of rotatable bonds is 14. The van der Waals surface area contributed by atoms with Crippen molar-refractivity contribution in [1.29, 1.82) is 0 Å². The summed E-state index contributed by atoms with van der Waals surface area (Å²) in [7, 11) is 0. The number of Topliss-reactive ketones (excluding diaryl/α,β-unsaturated/α-hetero) is 1. The lowest BCUT2D eigenvalue weighted by Gasteiger charge is -2.14. The number of hydrogen-bond acceptors (Lipinski definition) is 8. The van der Waals surface area contributed by atoms with Crippen molar-refractivity contribution in [2.24, 2.45) is 26.4 Å². The van der Waals surface area contributed by atoms with Gasteiger partial charge in [0.2, 0.25) is 0 Å². The van der Waals surface area contributed by atoms with Crippen LogP contribution in [-0.4, -0.2) is 40.8 Å². The quantitative estimate of drug-likeness (QED) is 0.372. The van der Waals surface area contributed by atoms with Crippen LogP contribution < -0.4 is 0 Å². The Labute approximate surface area is 152 Å². The zero-order chi connectivity index (χ0) is 19.2. The van der Waals surface area contributed by atoms with Gasteiger partial charge >= 0.3 is 11.9 Å². The highest BCUT2D eigenvalue weighted by Crippen LogP contribution is 2.33. The molecule has 0 aromatic rings. The number of ketones is 1. The second kappa shape index (κ2) is 8.46. The van der Waals surface area contributed by atoms with E-state index in [1.807, 2.05) is 13.8 Å². The second-order valence-corrected chi connectivity index (χ2v) is 7.35. The monoisotopic (exact) mass is 366 g/mol. The summed E-state index contributed by atoms with van der Waals surface area (Å²) in [4.78, 5) is 35.2. The van der Waals surface area contributed by atoms with E-state index in [9.17, 15) is 14.4 Å². The largest absolute Gasteiger partial charge is 0.481 e. The van der Waals surface area contributed by atoms with E-state index < -0.39 is 29.9 Å². The average Bonchev–Trinajstić information content (AvgIpc) is 3.46. The number of hydrogen-bond donors (Lipinski definition) is 1. The summed E-state index contributed by atoms with van der Waals surface area (Å²) >= 11 is 0. The van der Waals surface area contributed by atoms with E-state index in [1.54, 1.807) is 0 Å². The van der Waals surface area contributed by atoms with E-state index in [0.717, 1.165) is 19.3 Å². The van der Waals surface area contributed by atoms with Crippen molar-refractivity contribution in [3.05, 3.63) is 0 Å². The molecule has 0 fully saturated rings. The van der Waals surface area contributed by atoms with Crippen molar-refractivity contribution in [1.82, 2.24) is 0 Å². The van der Waals surface area contributed by atoms with Crippen molar-refractivity contribution < 1.29 is 24.2 Å². The summed E-state index contributed by atoms with van der Waals surface area (Å²) in [5, 5.41) is 24.5. The molecule has 0 bridgehead atoms. The maximum atomic E-state index is 12.1. The molecule has 0 amide bonds. The molecule has 9 nitrogen and oxygen atoms in total. The molecule has 0 aromatic heterocycles. The minimum absolute atomic E-state index is 0.0977. The number of ether oxygens (including phenoxy) is 1. The number of unbranched alkanes of at least 4 members (excludes halogenated alkanes) is 2. The van der Waals surface area contributed by atoms with E-state index in [0.29, 0.717) is 19.3 Å². The first-order valence-corrected chi connectivity index (χ1v) is 9.00. The Hall–Kier alpha value is -2.19. The molecule has 144 valence electrons. The predicted octanol–water partition coefficient (Wildman–Crippen LogP) is 3.28. The average molecular weight is 366 g/mol. The Morgan fingerprint density at radius 2 is 1.54 bits per heavy atom. The van der Waals surface area contributed by atoms with Crippen LogP contribution in [0.1, 0.15) is 65.2 Å². The smallest absolute Gasteiger partial charge is 0.309 e. The predicted molar refractivity (Wildman–Crippen MR) is 90.5 cm³/mol.